The summed E-state index contributed by atoms with van der Waals surface area (Å²) in [5.41, 5.74) is 3.87. The number of anilines is 1. The van der Waals surface area contributed by atoms with Crippen molar-refractivity contribution in [2.24, 2.45) is 7.05 Å². The van der Waals surface area contributed by atoms with Gasteiger partial charge in [-0.15, -0.1) is 10.2 Å². The van der Waals surface area contributed by atoms with E-state index in [1.54, 1.807) is 6.20 Å². The van der Waals surface area contributed by atoms with E-state index in [-0.39, 0.29) is 17.6 Å². The Morgan fingerprint density at radius 3 is 2.39 bits per heavy atom. The lowest BCUT2D eigenvalue weighted by Gasteiger charge is -2.34. The van der Waals surface area contributed by atoms with Crippen molar-refractivity contribution in [1.82, 2.24) is 30.6 Å². The molecule has 28 heavy (non-hydrogen) atoms. The molecule has 0 bridgehead atoms. The highest BCUT2D eigenvalue weighted by molar-refractivity contribution is 5.75. The zero-order valence-corrected chi connectivity index (χ0v) is 17.7. The summed E-state index contributed by atoms with van der Waals surface area (Å²) in [6, 6.07) is 2.04. The number of aryl methyl sites for hydroxylation is 1. The van der Waals surface area contributed by atoms with Crippen molar-refractivity contribution >= 4 is 11.8 Å². The molecule has 0 atom stereocenters. The summed E-state index contributed by atoms with van der Waals surface area (Å²) in [6.45, 7) is 11.8. The number of piperidine rings is 1. The van der Waals surface area contributed by atoms with Gasteiger partial charge in [0.2, 0.25) is 0 Å². The van der Waals surface area contributed by atoms with E-state index >= 15 is 0 Å². The molecule has 3 heterocycles. The van der Waals surface area contributed by atoms with E-state index < -0.39 is 0 Å². The summed E-state index contributed by atoms with van der Waals surface area (Å²) in [4.78, 5) is 14.4. The predicted molar refractivity (Wildman–Crippen MR) is 110 cm³/mol. The Balaban J connectivity index is 1.66. The molecular weight excluding hydrogens is 354 g/mol. The van der Waals surface area contributed by atoms with Crippen molar-refractivity contribution in [3.8, 4) is 11.4 Å². The number of aromatic nitrogens is 4. The molecule has 0 radical (unpaired) electrons. The summed E-state index contributed by atoms with van der Waals surface area (Å²) in [7, 11) is 1.91. The molecule has 1 aliphatic rings. The quantitative estimate of drug-likeness (QED) is 0.848. The van der Waals surface area contributed by atoms with Gasteiger partial charge in [0.05, 0.1) is 5.69 Å². The molecule has 2 aromatic rings. The molecule has 152 valence electrons. The Labute approximate surface area is 166 Å². The molecular formula is C20H31N7O. The van der Waals surface area contributed by atoms with Crippen molar-refractivity contribution in [1.29, 1.82) is 0 Å². The average Bonchev–Trinajstić information content (AvgIpc) is 3.02. The number of hydrogen-bond donors (Lipinski definition) is 2. The highest BCUT2D eigenvalue weighted by atomic mass is 16.2. The third-order valence-electron chi connectivity index (χ3n) is 5.18. The van der Waals surface area contributed by atoms with Gasteiger partial charge in [0, 0.05) is 37.9 Å². The zero-order chi connectivity index (χ0) is 20.5. The summed E-state index contributed by atoms with van der Waals surface area (Å²) in [5, 5.41) is 19.3. The smallest absolute Gasteiger partial charge is 0.315 e. The topological polar surface area (TPSA) is 88.0 Å². The Kier molecular flexibility index (Phi) is 5.58. The normalized spacial score (nSPS) is 15.6. The molecule has 8 nitrogen and oxygen atoms in total. The Bertz CT molecular complexity index is 845. The van der Waals surface area contributed by atoms with Crippen LogP contribution in [0.5, 0.6) is 0 Å². The second-order valence-corrected chi connectivity index (χ2v) is 8.57. The minimum absolute atomic E-state index is 0.0988. The number of rotatable bonds is 3. The molecule has 0 unspecified atom stereocenters. The lowest BCUT2D eigenvalue weighted by atomic mass is 10.0. The van der Waals surface area contributed by atoms with Crippen molar-refractivity contribution in [3.63, 3.8) is 0 Å². The van der Waals surface area contributed by atoms with Crippen LogP contribution in [-0.4, -0.2) is 50.7 Å². The van der Waals surface area contributed by atoms with Gasteiger partial charge in [-0.3, -0.25) is 4.68 Å². The summed E-state index contributed by atoms with van der Waals surface area (Å²) < 4.78 is 1.82. The fourth-order valence-corrected chi connectivity index (χ4v) is 3.54. The highest BCUT2D eigenvalue weighted by Crippen LogP contribution is 2.28. The first-order valence-electron chi connectivity index (χ1n) is 9.81. The van der Waals surface area contributed by atoms with E-state index in [0.717, 1.165) is 54.3 Å². The molecule has 0 saturated carbocycles. The number of nitrogens with zero attached hydrogens (tertiary/aromatic N) is 5. The number of hydrogen-bond acceptors (Lipinski definition) is 5. The fourth-order valence-electron chi connectivity index (χ4n) is 3.54. The molecule has 1 saturated heterocycles. The standard InChI is InChI=1S/C20H31N7O/c1-13-14(2)18(25-24-17(13)16-7-10-21-26(16)6)27-11-8-15(9-12-27)22-19(28)23-20(3,4)5/h7,10,15H,8-9,11-12H2,1-6H3,(H2,22,23,28). The molecule has 2 amide bonds. The Hall–Kier alpha value is -2.64. The van der Waals surface area contributed by atoms with Gasteiger partial charge < -0.3 is 15.5 Å². The van der Waals surface area contributed by atoms with Crippen LogP contribution in [0.4, 0.5) is 10.6 Å². The number of carbonyl (C=O) groups excluding carboxylic acids is 1. The maximum Gasteiger partial charge on any atom is 0.315 e. The molecule has 0 aliphatic carbocycles. The van der Waals surface area contributed by atoms with Crippen LogP contribution in [0.3, 0.4) is 0 Å². The predicted octanol–water partition coefficient (Wildman–Crippen LogP) is 2.56. The first-order valence-corrected chi connectivity index (χ1v) is 9.81. The van der Waals surface area contributed by atoms with Crippen LogP contribution in [0.25, 0.3) is 11.4 Å². The number of carbonyl (C=O) groups is 1. The van der Waals surface area contributed by atoms with Crippen molar-refractivity contribution in [2.45, 2.75) is 59.0 Å². The minimum atomic E-state index is -0.232. The van der Waals surface area contributed by atoms with Gasteiger partial charge >= 0.3 is 6.03 Å². The maximum atomic E-state index is 12.1. The average molecular weight is 386 g/mol. The summed E-state index contributed by atoms with van der Waals surface area (Å²) in [5.74, 6) is 0.931. The van der Waals surface area contributed by atoms with Gasteiger partial charge in [0.1, 0.15) is 5.69 Å². The molecule has 2 N–H and O–H groups in total. The van der Waals surface area contributed by atoms with Gasteiger partial charge in [-0.2, -0.15) is 5.10 Å². The fraction of sp³-hybridized carbons (Fsp3) is 0.600. The summed E-state index contributed by atoms with van der Waals surface area (Å²) in [6.07, 6.45) is 3.55. The van der Waals surface area contributed by atoms with Crippen LogP contribution >= 0.6 is 0 Å². The van der Waals surface area contributed by atoms with Crippen LogP contribution in [0.2, 0.25) is 0 Å². The third kappa shape index (κ3) is 4.43. The molecule has 0 aromatic carbocycles. The Morgan fingerprint density at radius 1 is 1.14 bits per heavy atom. The second kappa shape index (κ2) is 7.77. The zero-order valence-electron chi connectivity index (χ0n) is 17.7. The van der Waals surface area contributed by atoms with Crippen molar-refractivity contribution in [2.75, 3.05) is 18.0 Å². The molecule has 8 heteroatoms. The van der Waals surface area contributed by atoms with Crippen LogP contribution in [0.15, 0.2) is 12.3 Å². The van der Waals surface area contributed by atoms with E-state index in [1.165, 1.54) is 0 Å². The first-order chi connectivity index (χ1) is 13.2. The van der Waals surface area contributed by atoms with E-state index in [2.05, 4.69) is 44.7 Å². The molecule has 1 fully saturated rings. The van der Waals surface area contributed by atoms with Gasteiger partial charge in [0.25, 0.3) is 0 Å². The second-order valence-electron chi connectivity index (χ2n) is 8.57. The monoisotopic (exact) mass is 385 g/mol. The van der Waals surface area contributed by atoms with Gasteiger partial charge in [-0.1, -0.05) is 0 Å². The first kappa shape index (κ1) is 20.1. The molecule has 3 rings (SSSR count). The van der Waals surface area contributed by atoms with E-state index in [0.29, 0.717) is 0 Å². The molecule has 2 aromatic heterocycles. The third-order valence-corrected chi connectivity index (χ3v) is 5.18. The Morgan fingerprint density at radius 2 is 1.82 bits per heavy atom. The highest BCUT2D eigenvalue weighted by Gasteiger charge is 2.25. The van der Waals surface area contributed by atoms with Gasteiger partial charge in [-0.25, -0.2) is 4.79 Å². The summed E-state index contributed by atoms with van der Waals surface area (Å²) >= 11 is 0. The van der Waals surface area contributed by atoms with Crippen LogP contribution in [0.1, 0.15) is 44.7 Å². The number of amides is 2. The molecule has 1 aliphatic heterocycles. The van der Waals surface area contributed by atoms with Gasteiger partial charge in [0.15, 0.2) is 5.82 Å². The van der Waals surface area contributed by atoms with Crippen molar-refractivity contribution < 1.29 is 4.79 Å². The lowest BCUT2D eigenvalue weighted by molar-refractivity contribution is 0.225. The maximum absolute atomic E-state index is 12.1. The number of urea groups is 1. The van der Waals surface area contributed by atoms with E-state index in [4.69, 9.17) is 0 Å². The van der Waals surface area contributed by atoms with E-state index in [1.807, 2.05) is 38.6 Å². The van der Waals surface area contributed by atoms with Gasteiger partial charge in [-0.05, 0) is 64.7 Å². The number of nitrogens with one attached hydrogen (secondary N) is 2. The minimum Gasteiger partial charge on any atom is -0.355 e. The van der Waals surface area contributed by atoms with Crippen molar-refractivity contribution in [3.05, 3.63) is 23.4 Å². The lowest BCUT2D eigenvalue weighted by Crippen LogP contribution is -2.52. The largest absolute Gasteiger partial charge is 0.355 e. The van der Waals surface area contributed by atoms with Crippen LogP contribution < -0.4 is 15.5 Å². The SMILES string of the molecule is Cc1c(-c2ccnn2C)nnc(N2CCC(NC(=O)NC(C)(C)C)CC2)c1C. The van der Waals surface area contributed by atoms with Crippen LogP contribution in [-0.2, 0) is 7.05 Å². The van der Waals surface area contributed by atoms with Crippen LogP contribution in [0, 0.1) is 13.8 Å². The molecule has 0 spiro atoms. The van der Waals surface area contributed by atoms with E-state index in [9.17, 15) is 4.79 Å².